The largest absolute Gasteiger partial charge is 0.457 e. The van der Waals surface area contributed by atoms with Gasteiger partial charge in [-0.15, -0.1) is 11.3 Å². The maximum Gasteiger partial charge on any atom is 0.188 e. The number of aryl methyl sites for hydroxylation is 1. The Morgan fingerprint density at radius 3 is 2.60 bits per heavy atom. The SMILES string of the molecule is Cc1csc(Nc2ncnc3ccc(Oc4ccc(F)cc4)cc23)n1. The summed E-state index contributed by atoms with van der Waals surface area (Å²) in [4.78, 5) is 13.0. The number of hydrogen-bond acceptors (Lipinski definition) is 6. The minimum atomic E-state index is -0.301. The van der Waals surface area contributed by atoms with Crippen LogP contribution in [0.3, 0.4) is 0 Å². The van der Waals surface area contributed by atoms with Crippen molar-refractivity contribution in [2.45, 2.75) is 6.92 Å². The van der Waals surface area contributed by atoms with Gasteiger partial charge < -0.3 is 10.1 Å². The van der Waals surface area contributed by atoms with Crippen molar-refractivity contribution in [3.05, 3.63) is 65.7 Å². The fourth-order valence-electron chi connectivity index (χ4n) is 2.35. The van der Waals surface area contributed by atoms with Crippen LogP contribution in [0.1, 0.15) is 5.69 Å². The van der Waals surface area contributed by atoms with Crippen molar-refractivity contribution in [2.24, 2.45) is 0 Å². The van der Waals surface area contributed by atoms with Gasteiger partial charge in [-0.2, -0.15) is 0 Å². The first-order chi connectivity index (χ1) is 12.2. The molecule has 2 heterocycles. The number of anilines is 2. The summed E-state index contributed by atoms with van der Waals surface area (Å²) in [6.07, 6.45) is 1.51. The Bertz CT molecular complexity index is 1030. The van der Waals surface area contributed by atoms with Gasteiger partial charge in [-0.25, -0.2) is 19.3 Å². The standard InChI is InChI=1S/C18H13FN4OS/c1-11-9-25-18(22-11)23-17-15-8-14(6-7-16(15)20-10-21-17)24-13-4-2-12(19)3-5-13/h2-10H,1H3,(H,20,21,22,23). The number of ether oxygens (including phenoxy) is 1. The van der Waals surface area contributed by atoms with Crippen molar-refractivity contribution < 1.29 is 9.13 Å². The van der Waals surface area contributed by atoms with E-state index in [0.29, 0.717) is 17.3 Å². The van der Waals surface area contributed by atoms with Crippen LogP contribution in [0.5, 0.6) is 11.5 Å². The van der Waals surface area contributed by atoms with E-state index in [9.17, 15) is 4.39 Å². The first-order valence-electron chi connectivity index (χ1n) is 7.55. The first kappa shape index (κ1) is 15.5. The summed E-state index contributed by atoms with van der Waals surface area (Å²) in [5.41, 5.74) is 1.74. The minimum absolute atomic E-state index is 0.301. The van der Waals surface area contributed by atoms with Gasteiger partial charge in [-0.1, -0.05) is 0 Å². The second-order valence-electron chi connectivity index (χ2n) is 5.38. The lowest BCUT2D eigenvalue weighted by Gasteiger charge is -2.09. The van der Waals surface area contributed by atoms with E-state index in [1.54, 1.807) is 12.1 Å². The van der Waals surface area contributed by atoms with E-state index in [2.05, 4.69) is 20.3 Å². The van der Waals surface area contributed by atoms with Gasteiger partial charge >= 0.3 is 0 Å². The number of fused-ring (bicyclic) bond motifs is 1. The molecule has 0 unspecified atom stereocenters. The number of halogens is 1. The highest BCUT2D eigenvalue weighted by atomic mass is 32.1. The number of nitrogens with zero attached hydrogens (tertiary/aromatic N) is 3. The number of nitrogens with one attached hydrogen (secondary N) is 1. The van der Waals surface area contributed by atoms with Gasteiger partial charge in [0.2, 0.25) is 0 Å². The van der Waals surface area contributed by atoms with Crippen LogP contribution in [0.25, 0.3) is 10.9 Å². The summed E-state index contributed by atoms with van der Waals surface area (Å²) in [5.74, 6) is 1.53. The Morgan fingerprint density at radius 1 is 1.04 bits per heavy atom. The van der Waals surface area contributed by atoms with Crippen molar-refractivity contribution in [3.8, 4) is 11.5 Å². The second-order valence-corrected chi connectivity index (χ2v) is 6.23. The molecule has 4 rings (SSSR count). The van der Waals surface area contributed by atoms with Crippen LogP contribution < -0.4 is 10.1 Å². The molecule has 1 N–H and O–H groups in total. The summed E-state index contributed by atoms with van der Waals surface area (Å²) < 4.78 is 18.8. The third kappa shape index (κ3) is 3.41. The average Bonchev–Trinajstić information content (AvgIpc) is 3.02. The van der Waals surface area contributed by atoms with Gasteiger partial charge in [0.1, 0.15) is 29.5 Å². The first-order valence-corrected chi connectivity index (χ1v) is 8.43. The van der Waals surface area contributed by atoms with E-state index in [1.807, 2.05) is 30.5 Å². The smallest absolute Gasteiger partial charge is 0.188 e. The molecule has 2 aromatic carbocycles. The second kappa shape index (κ2) is 6.45. The molecule has 0 bridgehead atoms. The van der Waals surface area contributed by atoms with Crippen LogP contribution in [0.15, 0.2) is 54.2 Å². The normalized spacial score (nSPS) is 10.8. The number of rotatable bonds is 4. The highest BCUT2D eigenvalue weighted by molar-refractivity contribution is 7.13. The monoisotopic (exact) mass is 352 g/mol. The Labute approximate surface area is 147 Å². The van der Waals surface area contributed by atoms with Crippen LogP contribution in [0.2, 0.25) is 0 Å². The molecule has 25 heavy (non-hydrogen) atoms. The predicted octanol–water partition coefficient (Wildman–Crippen LogP) is 5.07. The van der Waals surface area contributed by atoms with Crippen molar-refractivity contribution in [1.29, 1.82) is 0 Å². The summed E-state index contributed by atoms with van der Waals surface area (Å²) >= 11 is 1.51. The lowest BCUT2D eigenvalue weighted by Crippen LogP contribution is -1.96. The third-order valence-electron chi connectivity index (χ3n) is 3.50. The van der Waals surface area contributed by atoms with Crippen molar-refractivity contribution >= 4 is 33.2 Å². The minimum Gasteiger partial charge on any atom is -0.457 e. The molecule has 0 amide bonds. The Kier molecular flexibility index (Phi) is 3.99. The summed E-state index contributed by atoms with van der Waals surface area (Å²) in [6, 6.07) is 11.4. The molecular formula is C18H13FN4OS. The van der Waals surface area contributed by atoms with Crippen LogP contribution in [0, 0.1) is 12.7 Å². The Hall–Kier alpha value is -3.06. The van der Waals surface area contributed by atoms with Crippen molar-refractivity contribution in [1.82, 2.24) is 15.0 Å². The number of benzene rings is 2. The zero-order chi connectivity index (χ0) is 17.2. The molecule has 0 saturated carbocycles. The van der Waals surface area contributed by atoms with E-state index in [1.165, 1.54) is 29.8 Å². The van der Waals surface area contributed by atoms with Gasteiger partial charge in [-0.05, 0) is 49.4 Å². The average molecular weight is 352 g/mol. The fraction of sp³-hybridized carbons (Fsp3) is 0.0556. The van der Waals surface area contributed by atoms with Gasteiger partial charge in [0.15, 0.2) is 5.13 Å². The molecule has 2 aromatic heterocycles. The van der Waals surface area contributed by atoms with Crippen molar-refractivity contribution in [2.75, 3.05) is 5.32 Å². The Balaban J connectivity index is 1.68. The summed E-state index contributed by atoms with van der Waals surface area (Å²) in [5, 5.41) is 6.77. The predicted molar refractivity (Wildman–Crippen MR) is 96.1 cm³/mol. The topological polar surface area (TPSA) is 59.9 Å². The zero-order valence-corrected chi connectivity index (χ0v) is 14.0. The quantitative estimate of drug-likeness (QED) is 0.556. The lowest BCUT2D eigenvalue weighted by atomic mass is 10.2. The van der Waals surface area contributed by atoms with Gasteiger partial charge in [-0.3, -0.25) is 0 Å². The van der Waals surface area contributed by atoms with E-state index >= 15 is 0 Å². The van der Waals surface area contributed by atoms with Crippen molar-refractivity contribution in [3.63, 3.8) is 0 Å². The highest BCUT2D eigenvalue weighted by Crippen LogP contribution is 2.30. The van der Waals surface area contributed by atoms with E-state index in [0.717, 1.165) is 21.7 Å². The van der Waals surface area contributed by atoms with E-state index < -0.39 is 0 Å². The molecule has 0 aliphatic carbocycles. The van der Waals surface area contributed by atoms with E-state index in [4.69, 9.17) is 4.74 Å². The molecule has 4 aromatic rings. The third-order valence-corrected chi connectivity index (χ3v) is 4.38. The summed E-state index contributed by atoms with van der Waals surface area (Å²) in [7, 11) is 0. The molecule has 0 spiro atoms. The number of thiazole rings is 1. The Morgan fingerprint density at radius 2 is 1.84 bits per heavy atom. The van der Waals surface area contributed by atoms with Crippen LogP contribution in [-0.4, -0.2) is 15.0 Å². The molecular weight excluding hydrogens is 339 g/mol. The fourth-order valence-corrected chi connectivity index (χ4v) is 3.04. The molecule has 0 aliphatic heterocycles. The van der Waals surface area contributed by atoms with Gasteiger partial charge in [0.25, 0.3) is 0 Å². The molecule has 5 nitrogen and oxygen atoms in total. The molecule has 7 heteroatoms. The van der Waals surface area contributed by atoms with Gasteiger partial charge in [0, 0.05) is 10.8 Å². The molecule has 0 aliphatic rings. The molecule has 0 atom stereocenters. The van der Waals surface area contributed by atoms with Crippen LogP contribution in [-0.2, 0) is 0 Å². The zero-order valence-electron chi connectivity index (χ0n) is 13.2. The van der Waals surface area contributed by atoms with Gasteiger partial charge in [0.05, 0.1) is 11.2 Å². The maximum atomic E-state index is 13.0. The van der Waals surface area contributed by atoms with Crippen LogP contribution >= 0.6 is 11.3 Å². The van der Waals surface area contributed by atoms with E-state index in [-0.39, 0.29) is 5.82 Å². The highest BCUT2D eigenvalue weighted by Gasteiger charge is 2.08. The molecule has 0 fully saturated rings. The maximum absolute atomic E-state index is 13.0. The molecule has 124 valence electrons. The number of aromatic nitrogens is 3. The van der Waals surface area contributed by atoms with Crippen LogP contribution in [0.4, 0.5) is 15.3 Å². The molecule has 0 saturated heterocycles. The number of hydrogen-bond donors (Lipinski definition) is 1. The molecule has 0 radical (unpaired) electrons. The summed E-state index contributed by atoms with van der Waals surface area (Å²) in [6.45, 7) is 1.94. The lowest BCUT2D eigenvalue weighted by molar-refractivity contribution is 0.481.